The molecule has 1 aromatic heterocycles. The molecule has 0 aliphatic carbocycles. The molecule has 3 rings (SSSR count). The van der Waals surface area contributed by atoms with Crippen LogP contribution >= 0.6 is 0 Å². The molecule has 0 atom stereocenters. The fraction of sp³-hybridized carbons (Fsp3) is 0.263. The summed E-state index contributed by atoms with van der Waals surface area (Å²) < 4.78 is 0. The zero-order chi connectivity index (χ0) is 14.5. The lowest BCUT2D eigenvalue weighted by molar-refractivity contribution is 0.291. The zero-order valence-electron chi connectivity index (χ0n) is 12.3. The molecular formula is C19H21N2. The van der Waals surface area contributed by atoms with Gasteiger partial charge in [0.2, 0.25) is 0 Å². The van der Waals surface area contributed by atoms with Gasteiger partial charge in [0, 0.05) is 32.0 Å². The van der Waals surface area contributed by atoms with Crippen LogP contribution < -0.4 is 0 Å². The van der Waals surface area contributed by atoms with Gasteiger partial charge in [-0.2, -0.15) is 0 Å². The van der Waals surface area contributed by atoms with Gasteiger partial charge in [-0.15, -0.1) is 0 Å². The van der Waals surface area contributed by atoms with Crippen LogP contribution in [0.2, 0.25) is 0 Å². The quantitative estimate of drug-likeness (QED) is 0.840. The number of hydrogen-bond acceptors (Lipinski definition) is 2. The lowest BCUT2D eigenvalue weighted by Gasteiger charge is -2.31. The van der Waals surface area contributed by atoms with Crippen LogP contribution in [0.1, 0.15) is 24.0 Å². The Morgan fingerprint density at radius 3 is 2.67 bits per heavy atom. The maximum absolute atomic E-state index is 4.26. The summed E-state index contributed by atoms with van der Waals surface area (Å²) in [5, 5.41) is 0. The van der Waals surface area contributed by atoms with Gasteiger partial charge in [-0.1, -0.05) is 42.0 Å². The molecule has 0 N–H and O–H groups in total. The number of nitrogens with zero attached hydrogens (tertiary/aromatic N) is 2. The van der Waals surface area contributed by atoms with Crippen molar-refractivity contribution in [2.24, 2.45) is 0 Å². The Morgan fingerprint density at radius 1 is 1.10 bits per heavy atom. The minimum absolute atomic E-state index is 0.892. The fourth-order valence-corrected chi connectivity index (χ4v) is 2.95. The van der Waals surface area contributed by atoms with Crippen LogP contribution in [-0.2, 0) is 6.54 Å². The molecule has 2 heterocycles. The smallest absolute Gasteiger partial charge is 0.0343 e. The van der Waals surface area contributed by atoms with Gasteiger partial charge in [0.15, 0.2) is 0 Å². The highest BCUT2D eigenvalue weighted by molar-refractivity contribution is 5.70. The van der Waals surface area contributed by atoms with Crippen molar-refractivity contribution in [3.05, 3.63) is 78.5 Å². The molecule has 2 heteroatoms. The molecule has 2 aromatic rings. The van der Waals surface area contributed by atoms with Crippen LogP contribution in [0.5, 0.6) is 0 Å². The first-order valence-electron chi connectivity index (χ1n) is 7.53. The summed E-state index contributed by atoms with van der Waals surface area (Å²) in [4.78, 5) is 6.78. The molecule has 0 bridgehead atoms. The molecule has 2 nitrogen and oxygen atoms in total. The Hall–Kier alpha value is -1.93. The maximum atomic E-state index is 4.26. The fourth-order valence-electron chi connectivity index (χ4n) is 2.95. The number of pyridine rings is 1. The molecular weight excluding hydrogens is 256 g/mol. The van der Waals surface area contributed by atoms with Crippen molar-refractivity contribution in [3.63, 3.8) is 0 Å². The molecule has 0 unspecified atom stereocenters. The SMILES string of the molecule is [CH2]CC1=C(c2cccnc2)CN(Cc2ccccc2)CC1. The number of hydrogen-bond donors (Lipinski definition) is 0. The summed E-state index contributed by atoms with van der Waals surface area (Å²) in [7, 11) is 0. The van der Waals surface area contributed by atoms with Gasteiger partial charge in [0.25, 0.3) is 0 Å². The Kier molecular flexibility index (Phi) is 4.46. The number of rotatable bonds is 4. The van der Waals surface area contributed by atoms with Crippen molar-refractivity contribution in [1.82, 2.24) is 9.88 Å². The van der Waals surface area contributed by atoms with E-state index in [1.807, 2.05) is 18.5 Å². The van der Waals surface area contributed by atoms with Gasteiger partial charge < -0.3 is 0 Å². The van der Waals surface area contributed by atoms with Gasteiger partial charge in [0.1, 0.15) is 0 Å². The lowest BCUT2D eigenvalue weighted by Crippen LogP contribution is -2.30. The van der Waals surface area contributed by atoms with Crippen molar-refractivity contribution in [1.29, 1.82) is 0 Å². The Labute approximate surface area is 127 Å². The first-order chi connectivity index (χ1) is 10.4. The van der Waals surface area contributed by atoms with Crippen LogP contribution in [0, 0.1) is 6.92 Å². The second-order valence-electron chi connectivity index (χ2n) is 5.52. The van der Waals surface area contributed by atoms with E-state index < -0.39 is 0 Å². The molecule has 107 valence electrons. The van der Waals surface area contributed by atoms with E-state index in [-0.39, 0.29) is 0 Å². The summed E-state index contributed by atoms with van der Waals surface area (Å²) in [5.41, 5.74) is 5.52. The second kappa shape index (κ2) is 6.68. The highest BCUT2D eigenvalue weighted by atomic mass is 15.1. The van der Waals surface area contributed by atoms with E-state index in [1.165, 1.54) is 22.3 Å². The van der Waals surface area contributed by atoms with Gasteiger partial charge in [-0.3, -0.25) is 9.88 Å². The van der Waals surface area contributed by atoms with Crippen LogP contribution in [0.3, 0.4) is 0 Å². The Balaban J connectivity index is 1.79. The lowest BCUT2D eigenvalue weighted by atomic mass is 9.93. The van der Waals surface area contributed by atoms with E-state index in [1.54, 1.807) is 0 Å². The molecule has 0 amide bonds. The minimum Gasteiger partial charge on any atom is -0.294 e. The number of aromatic nitrogens is 1. The molecule has 0 spiro atoms. The van der Waals surface area contributed by atoms with Gasteiger partial charge in [0.05, 0.1) is 0 Å². The molecule has 1 aliphatic rings. The van der Waals surface area contributed by atoms with Crippen molar-refractivity contribution in [2.75, 3.05) is 13.1 Å². The molecule has 21 heavy (non-hydrogen) atoms. The number of benzene rings is 1. The first kappa shape index (κ1) is 14.0. The minimum atomic E-state index is 0.892. The maximum Gasteiger partial charge on any atom is 0.0343 e. The van der Waals surface area contributed by atoms with Crippen molar-refractivity contribution < 1.29 is 0 Å². The van der Waals surface area contributed by atoms with Crippen molar-refractivity contribution in [2.45, 2.75) is 19.4 Å². The molecule has 1 aliphatic heterocycles. The topological polar surface area (TPSA) is 16.1 Å². The molecule has 0 saturated heterocycles. The van der Waals surface area contributed by atoms with Gasteiger partial charge in [-0.05, 0) is 42.5 Å². The van der Waals surface area contributed by atoms with E-state index in [9.17, 15) is 0 Å². The third-order valence-corrected chi connectivity index (χ3v) is 4.10. The summed E-state index contributed by atoms with van der Waals surface area (Å²) in [6, 6.07) is 14.9. The van der Waals surface area contributed by atoms with Crippen LogP contribution in [0.25, 0.3) is 5.57 Å². The van der Waals surface area contributed by atoms with E-state index in [0.717, 1.165) is 32.5 Å². The molecule has 0 saturated carbocycles. The predicted molar refractivity (Wildman–Crippen MR) is 87.5 cm³/mol. The van der Waals surface area contributed by atoms with Crippen molar-refractivity contribution in [3.8, 4) is 0 Å². The summed E-state index contributed by atoms with van der Waals surface area (Å²) in [6.07, 6.45) is 5.81. The molecule has 1 radical (unpaired) electrons. The van der Waals surface area contributed by atoms with E-state index in [0.29, 0.717) is 0 Å². The summed E-state index contributed by atoms with van der Waals surface area (Å²) in [6.45, 7) is 7.21. The monoisotopic (exact) mass is 277 g/mol. The van der Waals surface area contributed by atoms with E-state index in [2.05, 4.69) is 53.2 Å². The first-order valence-corrected chi connectivity index (χ1v) is 7.53. The average Bonchev–Trinajstić information content (AvgIpc) is 2.56. The average molecular weight is 277 g/mol. The Morgan fingerprint density at radius 2 is 1.95 bits per heavy atom. The predicted octanol–water partition coefficient (Wildman–Crippen LogP) is 3.97. The standard InChI is InChI=1S/C19H21N2/c1-2-17-10-12-21(14-16-7-4-3-5-8-16)15-19(17)18-9-6-11-20-13-18/h3-9,11,13H,1-2,10,12,14-15H2. The highest BCUT2D eigenvalue weighted by Gasteiger charge is 2.19. The third kappa shape index (κ3) is 3.40. The van der Waals surface area contributed by atoms with Gasteiger partial charge in [-0.25, -0.2) is 0 Å². The van der Waals surface area contributed by atoms with Crippen LogP contribution in [-0.4, -0.2) is 23.0 Å². The van der Waals surface area contributed by atoms with E-state index in [4.69, 9.17) is 0 Å². The Bertz CT molecular complexity index is 602. The zero-order valence-corrected chi connectivity index (χ0v) is 12.3. The molecule has 0 fully saturated rings. The summed E-state index contributed by atoms with van der Waals surface area (Å²) >= 11 is 0. The van der Waals surface area contributed by atoms with E-state index >= 15 is 0 Å². The second-order valence-corrected chi connectivity index (χ2v) is 5.52. The highest BCUT2D eigenvalue weighted by Crippen LogP contribution is 2.28. The summed E-state index contributed by atoms with van der Waals surface area (Å²) in [5.74, 6) is 0. The normalized spacial score (nSPS) is 16.2. The van der Waals surface area contributed by atoms with Crippen molar-refractivity contribution >= 4 is 5.57 Å². The van der Waals surface area contributed by atoms with Gasteiger partial charge >= 0.3 is 0 Å². The van der Waals surface area contributed by atoms with Crippen LogP contribution in [0.15, 0.2) is 60.4 Å². The largest absolute Gasteiger partial charge is 0.294 e. The third-order valence-electron chi connectivity index (χ3n) is 4.10. The van der Waals surface area contributed by atoms with Crippen LogP contribution in [0.4, 0.5) is 0 Å². The molecule has 1 aromatic carbocycles.